The van der Waals surface area contributed by atoms with Crippen LogP contribution < -0.4 is 21.3 Å². The molecule has 8 heteroatoms. The first-order valence-corrected chi connectivity index (χ1v) is 7.07. The Morgan fingerprint density at radius 2 is 1.90 bits per heavy atom. The van der Waals surface area contributed by atoms with Crippen molar-refractivity contribution in [1.82, 2.24) is 26.2 Å². The lowest BCUT2D eigenvalue weighted by atomic mass is 9.95. The molecule has 5 amide bonds. The van der Waals surface area contributed by atoms with E-state index in [0.717, 1.165) is 25.7 Å². The summed E-state index contributed by atoms with van der Waals surface area (Å²) < 4.78 is 0. The summed E-state index contributed by atoms with van der Waals surface area (Å²) in [6.45, 7) is -0.0362. The van der Waals surface area contributed by atoms with Gasteiger partial charge in [0.2, 0.25) is 5.91 Å². The van der Waals surface area contributed by atoms with E-state index < -0.39 is 12.3 Å². The van der Waals surface area contributed by atoms with Gasteiger partial charge in [-0.3, -0.25) is 9.69 Å². The molecule has 3 fully saturated rings. The van der Waals surface area contributed by atoms with E-state index in [1.54, 1.807) is 0 Å². The zero-order chi connectivity index (χ0) is 14.1. The molecule has 2 aliphatic heterocycles. The number of urea groups is 2. The fraction of sp³-hybridized carbons (Fsp3) is 0.750. The number of rotatable bonds is 3. The Morgan fingerprint density at radius 3 is 2.65 bits per heavy atom. The topological polar surface area (TPSA) is 103 Å². The van der Waals surface area contributed by atoms with Crippen LogP contribution in [0.4, 0.5) is 9.59 Å². The van der Waals surface area contributed by atoms with Crippen LogP contribution >= 0.6 is 0 Å². The van der Waals surface area contributed by atoms with Gasteiger partial charge in [0, 0.05) is 6.04 Å². The summed E-state index contributed by atoms with van der Waals surface area (Å²) in [6.07, 6.45) is 4.55. The Bertz CT molecular complexity index is 435. The molecule has 0 radical (unpaired) electrons. The highest BCUT2D eigenvalue weighted by molar-refractivity contribution is 5.88. The molecular formula is C12H19N5O3. The molecule has 110 valence electrons. The van der Waals surface area contributed by atoms with Gasteiger partial charge in [-0.15, -0.1) is 0 Å². The van der Waals surface area contributed by atoms with E-state index in [0.29, 0.717) is 0 Å². The molecular weight excluding hydrogens is 262 g/mol. The molecule has 0 bridgehead atoms. The maximum Gasteiger partial charge on any atom is 0.321 e. The van der Waals surface area contributed by atoms with E-state index in [-0.39, 0.29) is 30.6 Å². The molecule has 3 aliphatic rings. The molecule has 1 aliphatic carbocycles. The smallest absolute Gasteiger partial charge is 0.321 e. The third-order valence-corrected chi connectivity index (χ3v) is 4.04. The molecule has 3 rings (SSSR count). The lowest BCUT2D eigenvalue weighted by molar-refractivity contribution is -0.122. The summed E-state index contributed by atoms with van der Waals surface area (Å²) in [5, 5.41) is 10.8. The summed E-state index contributed by atoms with van der Waals surface area (Å²) >= 11 is 0. The summed E-state index contributed by atoms with van der Waals surface area (Å²) in [5.41, 5.74) is 0. The van der Waals surface area contributed by atoms with Crippen LogP contribution in [0.15, 0.2) is 0 Å². The van der Waals surface area contributed by atoms with E-state index in [2.05, 4.69) is 21.3 Å². The SMILES string of the molecule is O=C(CN1C(=O)N[C@@H]2NC(=O)N[C@@H]21)NC1CCCCC1. The van der Waals surface area contributed by atoms with Crippen LogP contribution in [-0.4, -0.2) is 47.8 Å². The number of nitrogens with one attached hydrogen (secondary N) is 4. The zero-order valence-corrected chi connectivity index (χ0v) is 11.1. The van der Waals surface area contributed by atoms with Crippen molar-refractivity contribution >= 4 is 18.0 Å². The minimum Gasteiger partial charge on any atom is -0.352 e. The van der Waals surface area contributed by atoms with Gasteiger partial charge >= 0.3 is 12.1 Å². The lowest BCUT2D eigenvalue weighted by Crippen LogP contribution is -2.49. The Balaban J connectivity index is 1.55. The van der Waals surface area contributed by atoms with Crippen molar-refractivity contribution in [2.24, 2.45) is 0 Å². The van der Waals surface area contributed by atoms with Crippen molar-refractivity contribution < 1.29 is 14.4 Å². The van der Waals surface area contributed by atoms with E-state index in [1.165, 1.54) is 11.3 Å². The number of fused-ring (bicyclic) bond motifs is 1. The standard InChI is InChI=1S/C12H19N5O3/c18-8(13-7-4-2-1-3-5-7)6-17-10-9(15-12(17)20)14-11(19)16-10/h7,9-10H,1-6H2,(H,13,18)(H,15,20)(H2,14,16,19)/t9-,10+/m0/s1. The Morgan fingerprint density at radius 1 is 1.15 bits per heavy atom. The first-order valence-electron chi connectivity index (χ1n) is 7.07. The summed E-state index contributed by atoms with van der Waals surface area (Å²) in [7, 11) is 0. The van der Waals surface area contributed by atoms with Crippen molar-refractivity contribution in [2.75, 3.05) is 6.54 Å². The largest absolute Gasteiger partial charge is 0.352 e. The highest BCUT2D eigenvalue weighted by atomic mass is 16.2. The van der Waals surface area contributed by atoms with Gasteiger partial charge in [0.15, 0.2) is 0 Å². The van der Waals surface area contributed by atoms with Crippen LogP contribution in [0.3, 0.4) is 0 Å². The van der Waals surface area contributed by atoms with E-state index in [4.69, 9.17) is 0 Å². The van der Waals surface area contributed by atoms with Gasteiger partial charge < -0.3 is 21.3 Å². The number of nitrogens with zero attached hydrogens (tertiary/aromatic N) is 1. The summed E-state index contributed by atoms with van der Waals surface area (Å²) in [5.74, 6) is -0.172. The highest BCUT2D eigenvalue weighted by Crippen LogP contribution is 2.18. The second kappa shape index (κ2) is 5.18. The number of carbonyl (C=O) groups excluding carboxylic acids is 3. The Hall–Kier alpha value is -1.99. The molecule has 0 unspecified atom stereocenters. The number of carbonyl (C=O) groups is 3. The molecule has 4 N–H and O–H groups in total. The van der Waals surface area contributed by atoms with Gasteiger partial charge in [-0.2, -0.15) is 0 Å². The molecule has 20 heavy (non-hydrogen) atoms. The second-order valence-electron chi connectivity index (χ2n) is 5.52. The summed E-state index contributed by atoms with van der Waals surface area (Å²) in [6, 6.07) is -0.460. The maximum absolute atomic E-state index is 12.0. The third kappa shape index (κ3) is 2.50. The van der Waals surface area contributed by atoms with Crippen molar-refractivity contribution in [3.63, 3.8) is 0 Å². The molecule has 0 spiro atoms. The molecule has 1 saturated carbocycles. The molecule has 2 heterocycles. The third-order valence-electron chi connectivity index (χ3n) is 4.04. The first-order chi connectivity index (χ1) is 9.63. The van der Waals surface area contributed by atoms with Crippen LogP contribution in [0.1, 0.15) is 32.1 Å². The van der Waals surface area contributed by atoms with E-state index in [1.807, 2.05) is 0 Å². The Labute approximate surface area is 116 Å². The predicted molar refractivity (Wildman–Crippen MR) is 69.5 cm³/mol. The van der Waals surface area contributed by atoms with Gasteiger partial charge in [-0.25, -0.2) is 9.59 Å². The average Bonchev–Trinajstić information content (AvgIpc) is 2.89. The van der Waals surface area contributed by atoms with E-state index in [9.17, 15) is 14.4 Å². The predicted octanol–water partition coefficient (Wildman–Crippen LogP) is -0.574. The van der Waals surface area contributed by atoms with Crippen molar-refractivity contribution in [3.05, 3.63) is 0 Å². The molecule has 0 aromatic heterocycles. The fourth-order valence-electron chi connectivity index (χ4n) is 3.04. The van der Waals surface area contributed by atoms with Gasteiger partial charge in [-0.05, 0) is 12.8 Å². The monoisotopic (exact) mass is 281 g/mol. The molecule has 2 saturated heterocycles. The van der Waals surface area contributed by atoms with Crippen LogP contribution in [0.5, 0.6) is 0 Å². The van der Waals surface area contributed by atoms with Crippen molar-refractivity contribution in [1.29, 1.82) is 0 Å². The number of amides is 5. The normalized spacial score (nSPS) is 29.5. The Kier molecular flexibility index (Phi) is 3.37. The van der Waals surface area contributed by atoms with Gasteiger partial charge in [0.1, 0.15) is 18.9 Å². The van der Waals surface area contributed by atoms with Gasteiger partial charge in [0.05, 0.1) is 0 Å². The molecule has 8 nitrogen and oxygen atoms in total. The molecule has 0 aromatic rings. The van der Waals surface area contributed by atoms with Crippen LogP contribution in [0.25, 0.3) is 0 Å². The zero-order valence-electron chi connectivity index (χ0n) is 11.1. The minimum absolute atomic E-state index is 0.0362. The first kappa shape index (κ1) is 13.0. The van der Waals surface area contributed by atoms with Crippen LogP contribution in [-0.2, 0) is 4.79 Å². The van der Waals surface area contributed by atoms with Crippen LogP contribution in [0, 0.1) is 0 Å². The highest BCUT2D eigenvalue weighted by Gasteiger charge is 2.46. The van der Waals surface area contributed by atoms with Gasteiger partial charge in [-0.1, -0.05) is 19.3 Å². The summed E-state index contributed by atoms with van der Waals surface area (Å²) in [4.78, 5) is 36.3. The maximum atomic E-state index is 12.0. The van der Waals surface area contributed by atoms with Crippen molar-refractivity contribution in [3.8, 4) is 0 Å². The van der Waals surface area contributed by atoms with Crippen LogP contribution in [0.2, 0.25) is 0 Å². The fourth-order valence-corrected chi connectivity index (χ4v) is 3.04. The van der Waals surface area contributed by atoms with Crippen molar-refractivity contribution in [2.45, 2.75) is 50.5 Å². The lowest BCUT2D eigenvalue weighted by Gasteiger charge is -2.25. The van der Waals surface area contributed by atoms with Gasteiger partial charge in [0.25, 0.3) is 0 Å². The molecule has 2 atom stereocenters. The number of hydrogen-bond acceptors (Lipinski definition) is 3. The number of hydrogen-bond donors (Lipinski definition) is 4. The second-order valence-corrected chi connectivity index (χ2v) is 5.52. The minimum atomic E-state index is -0.493. The quantitative estimate of drug-likeness (QED) is 0.557. The van der Waals surface area contributed by atoms with E-state index >= 15 is 0 Å². The average molecular weight is 281 g/mol. The molecule has 0 aromatic carbocycles.